The Morgan fingerprint density at radius 3 is 2.07 bits per heavy atom. The van der Waals surface area contributed by atoms with Gasteiger partial charge >= 0.3 is 0 Å². The van der Waals surface area contributed by atoms with Gasteiger partial charge in [0, 0.05) is 31.2 Å². The van der Waals surface area contributed by atoms with Crippen molar-refractivity contribution in [2.45, 2.75) is 6.04 Å². The molecule has 1 aliphatic rings. The molecule has 0 spiro atoms. The Bertz CT molecular complexity index is 999. The molecule has 3 aromatic rings. The molecule has 4 rings (SSSR count). The van der Waals surface area contributed by atoms with E-state index in [4.69, 9.17) is 23.2 Å². The van der Waals surface area contributed by atoms with Crippen LogP contribution >= 0.6 is 23.2 Å². The van der Waals surface area contributed by atoms with Gasteiger partial charge in [-0.3, -0.25) is 9.69 Å². The Kier molecular flexibility index (Phi) is 6.38. The normalized spacial score (nSPS) is 15.8. The van der Waals surface area contributed by atoms with Crippen LogP contribution in [0.3, 0.4) is 0 Å². The first kappa shape index (κ1) is 20.9. The van der Waals surface area contributed by atoms with E-state index in [2.05, 4.69) is 17.0 Å². The van der Waals surface area contributed by atoms with Crippen molar-refractivity contribution in [2.75, 3.05) is 26.2 Å². The number of rotatable bonds is 4. The monoisotopic (exact) mass is 442 g/mol. The molecule has 6 heteroatoms. The Hall–Kier alpha value is -2.40. The molecule has 0 radical (unpaired) electrons. The maximum absolute atomic E-state index is 14.2. The van der Waals surface area contributed by atoms with Crippen molar-refractivity contribution in [1.82, 2.24) is 9.80 Å². The number of halogens is 3. The Morgan fingerprint density at radius 2 is 1.43 bits per heavy atom. The highest BCUT2D eigenvalue weighted by molar-refractivity contribution is 6.33. The standard InChI is InChI=1S/C24H21Cl2FN2O/c25-19-11-9-18(10-12-19)23(17-5-2-1-3-6-17)28-13-15-29(16-14-28)24(30)22-20(26)7-4-8-21(22)27/h1-12,23H,13-16H2. The third kappa shape index (κ3) is 4.36. The van der Waals surface area contributed by atoms with Gasteiger partial charge in [-0.1, -0.05) is 71.7 Å². The van der Waals surface area contributed by atoms with Gasteiger partial charge in [-0.25, -0.2) is 4.39 Å². The van der Waals surface area contributed by atoms with Crippen molar-refractivity contribution < 1.29 is 9.18 Å². The summed E-state index contributed by atoms with van der Waals surface area (Å²) < 4.78 is 14.2. The zero-order chi connectivity index (χ0) is 21.1. The molecular weight excluding hydrogens is 422 g/mol. The molecule has 0 aliphatic carbocycles. The third-order valence-electron chi connectivity index (χ3n) is 5.44. The quantitative estimate of drug-likeness (QED) is 0.518. The van der Waals surface area contributed by atoms with Crippen LogP contribution in [0.15, 0.2) is 72.8 Å². The van der Waals surface area contributed by atoms with Crippen LogP contribution in [0.5, 0.6) is 0 Å². The molecule has 3 nitrogen and oxygen atoms in total. The van der Waals surface area contributed by atoms with E-state index in [0.29, 0.717) is 31.2 Å². The molecule has 30 heavy (non-hydrogen) atoms. The van der Waals surface area contributed by atoms with Gasteiger partial charge in [0.25, 0.3) is 5.91 Å². The largest absolute Gasteiger partial charge is 0.336 e. The maximum atomic E-state index is 14.2. The molecule has 1 fully saturated rings. The van der Waals surface area contributed by atoms with Crippen LogP contribution < -0.4 is 0 Å². The lowest BCUT2D eigenvalue weighted by molar-refractivity contribution is 0.0593. The number of nitrogens with zero attached hydrogens (tertiary/aromatic N) is 2. The second-order valence-electron chi connectivity index (χ2n) is 7.29. The summed E-state index contributed by atoms with van der Waals surface area (Å²) in [5, 5.41) is 0.841. The summed E-state index contributed by atoms with van der Waals surface area (Å²) in [5.74, 6) is -0.946. The number of benzene rings is 3. The minimum Gasteiger partial charge on any atom is -0.336 e. The van der Waals surface area contributed by atoms with E-state index in [-0.39, 0.29) is 22.5 Å². The molecule has 1 amide bonds. The summed E-state index contributed by atoms with van der Waals surface area (Å²) in [7, 11) is 0. The van der Waals surface area contributed by atoms with Gasteiger partial charge in [0.2, 0.25) is 0 Å². The lowest BCUT2D eigenvalue weighted by atomic mass is 9.96. The Balaban J connectivity index is 1.54. The number of hydrogen-bond acceptors (Lipinski definition) is 2. The first-order valence-electron chi connectivity index (χ1n) is 9.82. The van der Waals surface area contributed by atoms with Crippen LogP contribution in [0.25, 0.3) is 0 Å². The molecule has 0 saturated carbocycles. The van der Waals surface area contributed by atoms with Crippen LogP contribution in [0, 0.1) is 5.82 Å². The van der Waals surface area contributed by atoms with E-state index < -0.39 is 5.82 Å². The molecule has 0 N–H and O–H groups in total. The summed E-state index contributed by atoms with van der Waals surface area (Å²) in [5.41, 5.74) is 2.27. The highest BCUT2D eigenvalue weighted by Crippen LogP contribution is 2.31. The number of amides is 1. The number of carbonyl (C=O) groups is 1. The lowest BCUT2D eigenvalue weighted by Crippen LogP contribution is -2.50. The Morgan fingerprint density at radius 1 is 0.800 bits per heavy atom. The minimum absolute atomic E-state index is 0.0510. The van der Waals surface area contributed by atoms with E-state index in [1.54, 1.807) is 11.0 Å². The highest BCUT2D eigenvalue weighted by Gasteiger charge is 2.30. The predicted molar refractivity (Wildman–Crippen MR) is 119 cm³/mol. The topological polar surface area (TPSA) is 23.6 Å². The third-order valence-corrected chi connectivity index (χ3v) is 6.01. The lowest BCUT2D eigenvalue weighted by Gasteiger charge is -2.40. The summed E-state index contributed by atoms with van der Waals surface area (Å²) in [6.45, 7) is 2.33. The van der Waals surface area contributed by atoms with Crippen molar-refractivity contribution in [1.29, 1.82) is 0 Å². The van der Waals surface area contributed by atoms with Crippen molar-refractivity contribution in [2.24, 2.45) is 0 Å². The number of piperazine rings is 1. The molecule has 0 bridgehead atoms. The summed E-state index contributed by atoms with van der Waals surface area (Å²) in [6, 6.07) is 22.5. The fourth-order valence-corrected chi connectivity index (χ4v) is 4.31. The van der Waals surface area contributed by atoms with Crippen molar-refractivity contribution in [3.05, 3.63) is 105 Å². The highest BCUT2D eigenvalue weighted by atomic mass is 35.5. The molecule has 154 valence electrons. The van der Waals surface area contributed by atoms with Crippen LogP contribution in [0.2, 0.25) is 10.0 Å². The minimum atomic E-state index is -0.585. The molecule has 1 heterocycles. The van der Waals surface area contributed by atoms with Crippen LogP contribution in [0.4, 0.5) is 4.39 Å². The van der Waals surface area contributed by atoms with E-state index in [9.17, 15) is 9.18 Å². The molecule has 1 atom stereocenters. The molecule has 1 unspecified atom stereocenters. The van der Waals surface area contributed by atoms with Crippen LogP contribution in [-0.2, 0) is 0 Å². The van der Waals surface area contributed by atoms with Gasteiger partial charge in [0.1, 0.15) is 5.82 Å². The van der Waals surface area contributed by atoms with Gasteiger partial charge in [-0.2, -0.15) is 0 Å². The zero-order valence-corrected chi connectivity index (χ0v) is 17.8. The van der Waals surface area contributed by atoms with Gasteiger partial charge in [-0.15, -0.1) is 0 Å². The van der Waals surface area contributed by atoms with Gasteiger partial charge in [-0.05, 0) is 35.4 Å². The maximum Gasteiger partial charge on any atom is 0.258 e. The average molecular weight is 443 g/mol. The average Bonchev–Trinajstić information content (AvgIpc) is 2.76. The molecular formula is C24H21Cl2FN2O. The number of hydrogen-bond donors (Lipinski definition) is 0. The second-order valence-corrected chi connectivity index (χ2v) is 8.13. The van der Waals surface area contributed by atoms with Crippen molar-refractivity contribution in [3.8, 4) is 0 Å². The summed E-state index contributed by atoms with van der Waals surface area (Å²) >= 11 is 12.2. The zero-order valence-electron chi connectivity index (χ0n) is 16.3. The van der Waals surface area contributed by atoms with Crippen molar-refractivity contribution in [3.63, 3.8) is 0 Å². The fraction of sp³-hybridized carbons (Fsp3) is 0.208. The van der Waals surface area contributed by atoms with Gasteiger partial charge in [0.05, 0.1) is 16.6 Å². The Labute approximate surface area is 185 Å². The van der Waals surface area contributed by atoms with Crippen LogP contribution in [0.1, 0.15) is 27.5 Å². The predicted octanol–water partition coefficient (Wildman–Crippen LogP) is 5.68. The second kappa shape index (κ2) is 9.17. The van der Waals surface area contributed by atoms with E-state index >= 15 is 0 Å². The molecule has 1 aliphatic heterocycles. The first-order valence-corrected chi connectivity index (χ1v) is 10.6. The molecule has 0 aromatic heterocycles. The SMILES string of the molecule is O=C(c1c(F)cccc1Cl)N1CCN(C(c2ccccc2)c2ccc(Cl)cc2)CC1. The van der Waals surface area contributed by atoms with E-state index in [0.717, 1.165) is 5.56 Å². The molecule has 3 aromatic carbocycles. The van der Waals surface area contributed by atoms with Crippen molar-refractivity contribution >= 4 is 29.1 Å². The van der Waals surface area contributed by atoms with E-state index in [1.165, 1.54) is 17.7 Å². The smallest absolute Gasteiger partial charge is 0.258 e. The summed E-state index contributed by atoms with van der Waals surface area (Å²) in [6.07, 6.45) is 0. The van der Waals surface area contributed by atoms with Crippen LogP contribution in [-0.4, -0.2) is 41.9 Å². The van der Waals surface area contributed by atoms with E-state index in [1.807, 2.05) is 42.5 Å². The van der Waals surface area contributed by atoms with Gasteiger partial charge < -0.3 is 4.90 Å². The molecule has 1 saturated heterocycles. The summed E-state index contributed by atoms with van der Waals surface area (Å²) in [4.78, 5) is 16.9. The fourth-order valence-electron chi connectivity index (χ4n) is 3.94. The van der Waals surface area contributed by atoms with Gasteiger partial charge in [0.15, 0.2) is 0 Å². The first-order chi connectivity index (χ1) is 14.5. The number of carbonyl (C=O) groups excluding carboxylic acids is 1.